The molecule has 1 amide bonds. The number of benzene rings is 1. The van der Waals surface area contributed by atoms with Crippen LogP contribution in [0.4, 0.5) is 0 Å². The number of guanidine groups is 1. The van der Waals surface area contributed by atoms with Crippen molar-refractivity contribution < 1.29 is 4.79 Å². The Morgan fingerprint density at radius 2 is 1.83 bits per heavy atom. The minimum Gasteiger partial charge on any atom is -0.354 e. The van der Waals surface area contributed by atoms with Crippen molar-refractivity contribution in [3.63, 3.8) is 0 Å². The van der Waals surface area contributed by atoms with Gasteiger partial charge in [0.1, 0.15) is 0 Å². The normalized spacial score (nSPS) is 14.0. The Balaban J connectivity index is 0.00000264. The monoisotopic (exact) mass is 430 g/mol. The molecule has 0 radical (unpaired) electrons. The second-order valence-corrected chi connectivity index (χ2v) is 5.88. The van der Waals surface area contributed by atoms with Gasteiger partial charge in [-0.15, -0.1) is 24.0 Å². The summed E-state index contributed by atoms with van der Waals surface area (Å²) in [7, 11) is 3.79. The Morgan fingerprint density at radius 1 is 1.22 bits per heavy atom. The Morgan fingerprint density at radius 3 is 2.39 bits per heavy atom. The van der Waals surface area contributed by atoms with Crippen molar-refractivity contribution in [1.82, 2.24) is 15.5 Å². The number of aliphatic imine (C=N–C) groups is 1. The van der Waals surface area contributed by atoms with Gasteiger partial charge in [0, 0.05) is 39.6 Å². The Labute approximate surface area is 156 Å². The van der Waals surface area contributed by atoms with E-state index in [0.717, 1.165) is 25.3 Å². The number of nitrogens with zero attached hydrogens (tertiary/aromatic N) is 2. The molecule has 1 aromatic rings. The fourth-order valence-corrected chi connectivity index (χ4v) is 2.28. The van der Waals surface area contributed by atoms with Gasteiger partial charge in [-0.2, -0.15) is 0 Å². The van der Waals surface area contributed by atoms with Gasteiger partial charge in [-0.05, 0) is 25.3 Å². The van der Waals surface area contributed by atoms with Crippen LogP contribution < -0.4 is 10.6 Å². The Kier molecular flexibility index (Phi) is 8.36. The van der Waals surface area contributed by atoms with Crippen LogP contribution in [0.15, 0.2) is 29.3 Å². The molecule has 0 unspecified atom stereocenters. The van der Waals surface area contributed by atoms with Crippen molar-refractivity contribution in [3.8, 4) is 0 Å². The van der Waals surface area contributed by atoms with E-state index < -0.39 is 0 Å². The molecule has 0 aliphatic heterocycles. The molecule has 2 rings (SSSR count). The van der Waals surface area contributed by atoms with Crippen LogP contribution in [0.2, 0.25) is 0 Å². The van der Waals surface area contributed by atoms with Gasteiger partial charge in [0.2, 0.25) is 5.91 Å². The largest absolute Gasteiger partial charge is 0.354 e. The summed E-state index contributed by atoms with van der Waals surface area (Å²) in [4.78, 5) is 17.9. The molecule has 0 spiro atoms. The zero-order chi connectivity index (χ0) is 15.9. The van der Waals surface area contributed by atoms with Crippen molar-refractivity contribution in [2.75, 3.05) is 27.2 Å². The molecule has 0 atom stereocenters. The lowest BCUT2D eigenvalue weighted by Gasteiger charge is -2.22. The molecular formula is C17H27IN4O. The first-order chi connectivity index (χ1) is 10.6. The Hall–Kier alpha value is -1.31. The van der Waals surface area contributed by atoms with Crippen LogP contribution in [-0.2, 0) is 11.3 Å². The first-order valence-corrected chi connectivity index (χ1v) is 7.85. The van der Waals surface area contributed by atoms with Crippen LogP contribution in [0.25, 0.3) is 0 Å². The summed E-state index contributed by atoms with van der Waals surface area (Å²) in [5.74, 6) is 1.29. The molecule has 1 aromatic carbocycles. The molecule has 1 fully saturated rings. The summed E-state index contributed by atoms with van der Waals surface area (Å²) in [6.07, 6.45) is 2.08. The zero-order valence-corrected chi connectivity index (χ0v) is 16.5. The lowest BCUT2D eigenvalue weighted by molar-refractivity contribution is -0.122. The Bertz CT molecular complexity index is 526. The van der Waals surface area contributed by atoms with E-state index in [0.29, 0.717) is 13.1 Å². The zero-order valence-electron chi connectivity index (χ0n) is 14.1. The minimum absolute atomic E-state index is 0. The predicted octanol–water partition coefficient (Wildman–Crippen LogP) is 2.15. The van der Waals surface area contributed by atoms with Gasteiger partial charge in [0.25, 0.3) is 0 Å². The molecule has 128 valence electrons. The standard InChI is InChI=1S/C17H26N4O.HI/c1-13-4-6-14(7-5-13)12-21(3)17(18-2)20-11-10-19-16(22)15-8-9-15;/h4-7,15H,8-12H2,1-3H3,(H,18,20)(H,19,22);1H. The topological polar surface area (TPSA) is 56.7 Å². The molecule has 23 heavy (non-hydrogen) atoms. The number of rotatable bonds is 6. The quantitative estimate of drug-likeness (QED) is 0.315. The summed E-state index contributed by atoms with van der Waals surface area (Å²) in [5.41, 5.74) is 2.51. The number of aryl methyl sites for hydroxylation is 1. The third-order valence-electron chi connectivity index (χ3n) is 3.77. The second-order valence-electron chi connectivity index (χ2n) is 5.88. The molecule has 1 aliphatic carbocycles. The van der Waals surface area contributed by atoms with E-state index in [1.54, 1.807) is 7.05 Å². The number of hydrogen-bond donors (Lipinski definition) is 2. The SMILES string of the molecule is CN=C(NCCNC(=O)C1CC1)N(C)Cc1ccc(C)cc1.I. The second kappa shape index (κ2) is 9.75. The fraction of sp³-hybridized carbons (Fsp3) is 0.529. The van der Waals surface area contributed by atoms with Gasteiger partial charge >= 0.3 is 0 Å². The molecule has 0 bridgehead atoms. The van der Waals surface area contributed by atoms with E-state index in [9.17, 15) is 4.79 Å². The molecule has 1 aliphatic rings. The highest BCUT2D eigenvalue weighted by atomic mass is 127. The average molecular weight is 430 g/mol. The number of nitrogens with one attached hydrogen (secondary N) is 2. The molecule has 0 heterocycles. The highest BCUT2D eigenvalue weighted by Gasteiger charge is 2.28. The average Bonchev–Trinajstić information content (AvgIpc) is 3.34. The molecule has 1 saturated carbocycles. The number of hydrogen-bond acceptors (Lipinski definition) is 2. The van der Waals surface area contributed by atoms with Crippen molar-refractivity contribution in [1.29, 1.82) is 0 Å². The smallest absolute Gasteiger partial charge is 0.223 e. The summed E-state index contributed by atoms with van der Waals surface area (Å²) in [6, 6.07) is 8.50. The van der Waals surface area contributed by atoms with Crippen LogP contribution >= 0.6 is 24.0 Å². The maximum Gasteiger partial charge on any atom is 0.223 e. The number of carbonyl (C=O) groups excluding carboxylic acids is 1. The molecular weight excluding hydrogens is 403 g/mol. The van der Waals surface area contributed by atoms with Gasteiger partial charge in [0.05, 0.1) is 0 Å². The predicted molar refractivity (Wildman–Crippen MR) is 105 cm³/mol. The van der Waals surface area contributed by atoms with Gasteiger partial charge < -0.3 is 15.5 Å². The summed E-state index contributed by atoms with van der Waals surface area (Å²) < 4.78 is 0. The van der Waals surface area contributed by atoms with Gasteiger partial charge in [0.15, 0.2) is 5.96 Å². The van der Waals surface area contributed by atoms with E-state index >= 15 is 0 Å². The van der Waals surface area contributed by atoms with Gasteiger partial charge in [-0.25, -0.2) is 0 Å². The molecule has 5 nitrogen and oxygen atoms in total. The fourth-order valence-electron chi connectivity index (χ4n) is 2.28. The molecule has 0 aromatic heterocycles. The van der Waals surface area contributed by atoms with Crippen LogP contribution in [-0.4, -0.2) is 44.0 Å². The van der Waals surface area contributed by atoms with Crippen molar-refractivity contribution >= 4 is 35.8 Å². The van der Waals surface area contributed by atoms with Crippen molar-refractivity contribution in [2.45, 2.75) is 26.3 Å². The van der Waals surface area contributed by atoms with E-state index in [1.807, 2.05) is 7.05 Å². The van der Waals surface area contributed by atoms with Crippen LogP contribution in [0.5, 0.6) is 0 Å². The van der Waals surface area contributed by atoms with Crippen LogP contribution in [0.3, 0.4) is 0 Å². The van der Waals surface area contributed by atoms with Crippen LogP contribution in [0, 0.1) is 12.8 Å². The molecule has 0 saturated heterocycles. The third-order valence-corrected chi connectivity index (χ3v) is 3.77. The number of halogens is 1. The van der Waals surface area contributed by atoms with Gasteiger partial charge in [-0.3, -0.25) is 9.79 Å². The molecule has 2 N–H and O–H groups in total. The van der Waals surface area contributed by atoms with Crippen molar-refractivity contribution in [3.05, 3.63) is 35.4 Å². The van der Waals surface area contributed by atoms with E-state index in [4.69, 9.17) is 0 Å². The highest BCUT2D eigenvalue weighted by molar-refractivity contribution is 14.0. The molecule has 6 heteroatoms. The van der Waals surface area contributed by atoms with Gasteiger partial charge in [-0.1, -0.05) is 29.8 Å². The number of amides is 1. The first-order valence-electron chi connectivity index (χ1n) is 7.85. The summed E-state index contributed by atoms with van der Waals surface area (Å²) >= 11 is 0. The van der Waals surface area contributed by atoms with Crippen LogP contribution in [0.1, 0.15) is 24.0 Å². The maximum atomic E-state index is 11.5. The third kappa shape index (κ3) is 6.76. The van der Waals surface area contributed by atoms with E-state index in [-0.39, 0.29) is 35.8 Å². The minimum atomic E-state index is 0. The summed E-state index contributed by atoms with van der Waals surface area (Å²) in [5, 5.41) is 6.22. The van der Waals surface area contributed by atoms with E-state index in [2.05, 4.69) is 51.7 Å². The summed E-state index contributed by atoms with van der Waals surface area (Å²) in [6.45, 7) is 4.20. The highest BCUT2D eigenvalue weighted by Crippen LogP contribution is 2.28. The maximum absolute atomic E-state index is 11.5. The van der Waals surface area contributed by atoms with Crippen molar-refractivity contribution in [2.24, 2.45) is 10.9 Å². The van der Waals surface area contributed by atoms with E-state index in [1.165, 1.54) is 11.1 Å². The lowest BCUT2D eigenvalue weighted by atomic mass is 10.1. The lowest BCUT2D eigenvalue weighted by Crippen LogP contribution is -2.42. The number of carbonyl (C=O) groups is 1. The first kappa shape index (κ1) is 19.7.